The summed E-state index contributed by atoms with van der Waals surface area (Å²) in [5.74, 6) is 1.20. The molecule has 0 saturated heterocycles. The maximum Gasteiger partial charge on any atom is 0.257 e. The Morgan fingerprint density at radius 2 is 1.00 bits per heavy atom. The van der Waals surface area contributed by atoms with Gasteiger partial charge in [0.1, 0.15) is 11.7 Å². The van der Waals surface area contributed by atoms with Crippen LogP contribution in [0.1, 0.15) is 73.4 Å². The smallest absolute Gasteiger partial charge is 0.257 e. The minimum absolute atomic E-state index is 0.190. The highest BCUT2D eigenvalue weighted by atomic mass is 35.5. The molecule has 228 valence electrons. The first-order chi connectivity index (χ1) is 20.8. The molecule has 8 nitrogen and oxygen atoms in total. The van der Waals surface area contributed by atoms with Crippen LogP contribution < -0.4 is 10.6 Å². The highest BCUT2D eigenvalue weighted by molar-refractivity contribution is 6.35. The fraction of sp³-hybridized carbons (Fsp3) is 0.353. The molecule has 2 N–H and O–H groups in total. The number of amidine groups is 2. The molecule has 3 rings (SSSR count). The number of carbonyl (C=O) groups excluding carboxylic acids is 2. The van der Waals surface area contributed by atoms with E-state index in [4.69, 9.17) is 11.6 Å². The van der Waals surface area contributed by atoms with Crippen molar-refractivity contribution in [3.05, 3.63) is 94.0 Å². The van der Waals surface area contributed by atoms with Crippen molar-refractivity contribution in [2.45, 2.75) is 41.5 Å². The summed E-state index contributed by atoms with van der Waals surface area (Å²) in [7, 11) is 0. The van der Waals surface area contributed by atoms with E-state index in [0.717, 1.165) is 49.0 Å². The highest BCUT2D eigenvalue weighted by Crippen LogP contribution is 2.22. The maximum absolute atomic E-state index is 13.0. The minimum Gasteiger partial charge on any atom is -0.357 e. The predicted molar refractivity (Wildman–Crippen MR) is 180 cm³/mol. The van der Waals surface area contributed by atoms with Crippen molar-refractivity contribution in [1.29, 1.82) is 0 Å². The lowest BCUT2D eigenvalue weighted by atomic mass is 10.1. The Hall–Kier alpha value is -4.17. The van der Waals surface area contributed by atoms with E-state index in [1.807, 2.05) is 62.4 Å². The minimum atomic E-state index is -0.357. The molecule has 2 amide bonds. The van der Waals surface area contributed by atoms with Gasteiger partial charge in [0, 0.05) is 67.3 Å². The van der Waals surface area contributed by atoms with E-state index in [2.05, 4.69) is 58.1 Å². The molecule has 0 atom stereocenters. The molecule has 3 aromatic carbocycles. The molecule has 0 unspecified atom stereocenters. The number of hydrogen-bond acceptors (Lipinski definition) is 4. The van der Waals surface area contributed by atoms with Crippen molar-refractivity contribution in [2.75, 3.05) is 49.9 Å². The molecule has 43 heavy (non-hydrogen) atoms. The first kappa shape index (κ1) is 33.3. The Labute approximate surface area is 260 Å². The van der Waals surface area contributed by atoms with Crippen LogP contribution in [0.4, 0.5) is 11.4 Å². The van der Waals surface area contributed by atoms with Crippen LogP contribution in [0.15, 0.2) is 76.7 Å². The molecule has 0 saturated carbocycles. The molecular formula is C34H43ClN6O2. The molecule has 0 radical (unpaired) electrons. The highest BCUT2D eigenvalue weighted by Gasteiger charge is 2.16. The summed E-state index contributed by atoms with van der Waals surface area (Å²) in [6.45, 7) is 17.3. The fourth-order valence-corrected chi connectivity index (χ4v) is 5.01. The van der Waals surface area contributed by atoms with Gasteiger partial charge in [-0.05, 0) is 108 Å². The van der Waals surface area contributed by atoms with Crippen LogP contribution in [0.2, 0.25) is 5.02 Å². The third kappa shape index (κ3) is 8.67. The van der Waals surface area contributed by atoms with Gasteiger partial charge in [0.25, 0.3) is 11.8 Å². The lowest BCUT2D eigenvalue weighted by molar-refractivity contribution is 0.101. The van der Waals surface area contributed by atoms with Crippen LogP contribution in [0.5, 0.6) is 0 Å². The molecule has 9 heteroatoms. The third-order valence-corrected chi connectivity index (χ3v) is 7.33. The van der Waals surface area contributed by atoms with Gasteiger partial charge in [-0.3, -0.25) is 19.6 Å². The topological polar surface area (TPSA) is 89.4 Å². The summed E-state index contributed by atoms with van der Waals surface area (Å²) in [6.07, 6.45) is 0. The average molecular weight is 603 g/mol. The number of anilines is 2. The number of nitrogens with zero attached hydrogens (tertiary/aromatic N) is 4. The summed E-state index contributed by atoms with van der Waals surface area (Å²) in [6, 6.07) is 19.9. The molecule has 0 aliphatic rings. The first-order valence-corrected chi connectivity index (χ1v) is 15.4. The van der Waals surface area contributed by atoms with E-state index in [1.165, 1.54) is 6.07 Å². The van der Waals surface area contributed by atoms with Crippen molar-refractivity contribution >= 4 is 46.5 Å². The molecular weight excluding hydrogens is 560 g/mol. The average Bonchev–Trinajstić information content (AvgIpc) is 3.02. The van der Waals surface area contributed by atoms with Gasteiger partial charge < -0.3 is 20.4 Å². The van der Waals surface area contributed by atoms with Gasteiger partial charge in [0.15, 0.2) is 0 Å². The second-order valence-corrected chi connectivity index (χ2v) is 10.1. The first-order valence-electron chi connectivity index (χ1n) is 15.0. The molecule has 0 spiro atoms. The van der Waals surface area contributed by atoms with Crippen molar-refractivity contribution in [2.24, 2.45) is 9.98 Å². The Bertz CT molecular complexity index is 1430. The van der Waals surface area contributed by atoms with Crippen LogP contribution in [0, 0.1) is 0 Å². The Morgan fingerprint density at radius 3 is 1.37 bits per heavy atom. The van der Waals surface area contributed by atoms with E-state index in [1.54, 1.807) is 12.1 Å². The molecule has 0 fully saturated rings. The number of benzene rings is 3. The van der Waals surface area contributed by atoms with Crippen molar-refractivity contribution in [1.82, 2.24) is 9.80 Å². The number of aliphatic imine (C=N–C) groups is 2. The van der Waals surface area contributed by atoms with Gasteiger partial charge >= 0.3 is 0 Å². The second kappa shape index (κ2) is 16.5. The van der Waals surface area contributed by atoms with Crippen LogP contribution >= 0.6 is 11.6 Å². The molecule has 0 aliphatic heterocycles. The fourth-order valence-electron chi connectivity index (χ4n) is 4.74. The standard InChI is InChI=1S/C34H43ClN6O2/c1-7-36-31(40(9-3)10-4)24-13-18-27(19-14-24)38-33(42)26-17-22-29(30(35)23-26)34(43)39-28-20-15-25(16-21-28)32(37-8-2)41(11-5)12-6/h13-23H,7-12H2,1-6H3,(H,38,42)(H,39,43). The Kier molecular flexibility index (Phi) is 12.8. The lowest BCUT2D eigenvalue weighted by Gasteiger charge is -2.23. The zero-order valence-corrected chi connectivity index (χ0v) is 26.8. The Balaban J connectivity index is 1.68. The van der Waals surface area contributed by atoms with E-state index in [0.29, 0.717) is 30.0 Å². The molecule has 0 bridgehead atoms. The second-order valence-electron chi connectivity index (χ2n) is 9.70. The van der Waals surface area contributed by atoms with Crippen LogP contribution in [-0.4, -0.2) is 72.6 Å². The summed E-state index contributed by atoms with van der Waals surface area (Å²) in [5.41, 5.74) is 3.91. The van der Waals surface area contributed by atoms with E-state index >= 15 is 0 Å². The molecule has 0 heterocycles. The SMILES string of the molecule is CCN=C(c1ccc(NC(=O)c2ccc(C(=O)Nc3ccc(C(=NCC)N(CC)CC)cc3)c(Cl)c2)cc1)N(CC)CC. The largest absolute Gasteiger partial charge is 0.357 e. The predicted octanol–water partition coefficient (Wildman–Crippen LogP) is 7.06. The number of nitrogens with one attached hydrogen (secondary N) is 2. The van der Waals surface area contributed by atoms with Gasteiger partial charge in [0.2, 0.25) is 0 Å². The summed E-state index contributed by atoms with van der Waals surface area (Å²) >= 11 is 6.47. The summed E-state index contributed by atoms with van der Waals surface area (Å²) in [5, 5.41) is 5.99. The normalized spacial score (nSPS) is 11.7. The van der Waals surface area contributed by atoms with Crippen molar-refractivity contribution in [3.8, 4) is 0 Å². The zero-order valence-electron chi connectivity index (χ0n) is 26.1. The third-order valence-electron chi connectivity index (χ3n) is 7.02. The number of rotatable bonds is 12. The monoisotopic (exact) mass is 602 g/mol. The zero-order chi connectivity index (χ0) is 31.4. The molecule has 0 aliphatic carbocycles. The van der Waals surface area contributed by atoms with E-state index in [9.17, 15) is 9.59 Å². The van der Waals surface area contributed by atoms with Crippen molar-refractivity contribution in [3.63, 3.8) is 0 Å². The lowest BCUT2D eigenvalue weighted by Crippen LogP contribution is -2.31. The summed E-state index contributed by atoms with van der Waals surface area (Å²) in [4.78, 5) is 39.7. The van der Waals surface area contributed by atoms with Gasteiger partial charge in [-0.2, -0.15) is 0 Å². The maximum atomic E-state index is 13.0. The van der Waals surface area contributed by atoms with Crippen molar-refractivity contribution < 1.29 is 9.59 Å². The van der Waals surface area contributed by atoms with Gasteiger partial charge in [0.05, 0.1) is 10.6 Å². The quantitative estimate of drug-likeness (QED) is 0.171. The van der Waals surface area contributed by atoms with Crippen LogP contribution in [0.3, 0.4) is 0 Å². The summed E-state index contributed by atoms with van der Waals surface area (Å²) < 4.78 is 0. The Morgan fingerprint density at radius 1 is 0.605 bits per heavy atom. The van der Waals surface area contributed by atoms with Crippen LogP contribution in [0.25, 0.3) is 0 Å². The van der Waals surface area contributed by atoms with Crippen LogP contribution in [-0.2, 0) is 0 Å². The van der Waals surface area contributed by atoms with E-state index in [-0.39, 0.29) is 22.4 Å². The number of carbonyl (C=O) groups is 2. The molecule has 0 aromatic heterocycles. The number of amides is 2. The number of halogens is 1. The van der Waals surface area contributed by atoms with Gasteiger partial charge in [-0.25, -0.2) is 0 Å². The van der Waals surface area contributed by atoms with Gasteiger partial charge in [-0.1, -0.05) is 11.6 Å². The van der Waals surface area contributed by atoms with Gasteiger partial charge in [-0.15, -0.1) is 0 Å². The van der Waals surface area contributed by atoms with E-state index < -0.39 is 0 Å². The molecule has 3 aromatic rings. The number of hydrogen-bond donors (Lipinski definition) is 2.